The number of hydrogen-bond donors (Lipinski definition) is 1. The van der Waals surface area contributed by atoms with Gasteiger partial charge in [0, 0.05) is 0 Å². The average molecular weight is 173 g/mol. The van der Waals surface area contributed by atoms with Crippen LogP contribution in [0.1, 0.15) is 25.0 Å². The molecule has 1 radical (unpaired) electrons. The molecule has 2 heteroatoms. The van der Waals surface area contributed by atoms with Crippen molar-refractivity contribution in [1.29, 1.82) is 0 Å². The van der Waals surface area contributed by atoms with Gasteiger partial charge in [-0.25, -0.2) is 4.98 Å². The Hall–Kier alpha value is -1.31. The quantitative estimate of drug-likeness (QED) is 0.742. The van der Waals surface area contributed by atoms with Crippen LogP contribution in [0.25, 0.3) is 11.0 Å². The van der Waals surface area contributed by atoms with Gasteiger partial charge in [0.15, 0.2) is 6.33 Å². The topological polar surface area (TPSA) is 28.7 Å². The van der Waals surface area contributed by atoms with E-state index in [2.05, 4.69) is 42.3 Å². The maximum absolute atomic E-state index is 4.12. The van der Waals surface area contributed by atoms with E-state index < -0.39 is 0 Å². The fraction of sp³-hybridized carbons (Fsp3) is 0.364. The molecule has 2 nitrogen and oxygen atoms in total. The van der Waals surface area contributed by atoms with E-state index in [1.807, 2.05) is 0 Å². The monoisotopic (exact) mass is 173 g/mol. The van der Waals surface area contributed by atoms with Gasteiger partial charge in [-0.15, -0.1) is 0 Å². The Morgan fingerprint density at radius 2 is 1.92 bits per heavy atom. The summed E-state index contributed by atoms with van der Waals surface area (Å²) in [6.07, 6.45) is 4.92. The molecule has 0 aliphatic carbocycles. The van der Waals surface area contributed by atoms with Crippen LogP contribution in [-0.4, -0.2) is 9.97 Å². The van der Waals surface area contributed by atoms with E-state index in [-0.39, 0.29) is 0 Å². The maximum Gasteiger partial charge on any atom is 0.174 e. The van der Waals surface area contributed by atoms with E-state index in [1.165, 1.54) is 11.1 Å². The van der Waals surface area contributed by atoms with E-state index in [4.69, 9.17) is 0 Å². The van der Waals surface area contributed by atoms with Crippen molar-refractivity contribution in [2.24, 2.45) is 0 Å². The zero-order valence-corrected chi connectivity index (χ0v) is 8.02. The summed E-state index contributed by atoms with van der Waals surface area (Å²) in [6.45, 7) is 4.36. The number of fused-ring (bicyclic) bond motifs is 1. The summed E-state index contributed by atoms with van der Waals surface area (Å²) >= 11 is 0. The third-order valence-electron chi connectivity index (χ3n) is 2.45. The first-order valence-electron chi connectivity index (χ1n) is 4.72. The summed E-state index contributed by atoms with van der Waals surface area (Å²) in [7, 11) is 0. The molecule has 13 heavy (non-hydrogen) atoms. The Balaban J connectivity index is 2.67. The van der Waals surface area contributed by atoms with Crippen LogP contribution >= 0.6 is 0 Å². The molecule has 2 rings (SSSR count). The second-order valence-electron chi connectivity index (χ2n) is 3.19. The number of aromatic nitrogens is 2. The van der Waals surface area contributed by atoms with E-state index in [9.17, 15) is 0 Å². The van der Waals surface area contributed by atoms with Crippen LogP contribution in [0.3, 0.4) is 0 Å². The Labute approximate surface area is 78.0 Å². The fourth-order valence-electron chi connectivity index (χ4n) is 1.68. The molecule has 1 heterocycles. The molecular weight excluding hydrogens is 160 g/mol. The number of aryl methyl sites for hydroxylation is 2. The van der Waals surface area contributed by atoms with Crippen molar-refractivity contribution < 1.29 is 0 Å². The molecule has 0 aliphatic heterocycles. The van der Waals surface area contributed by atoms with E-state index in [1.54, 1.807) is 0 Å². The molecule has 1 N–H and O–H groups in total. The van der Waals surface area contributed by atoms with Gasteiger partial charge in [0.25, 0.3) is 0 Å². The molecule has 1 aromatic carbocycles. The van der Waals surface area contributed by atoms with Crippen LogP contribution < -0.4 is 0 Å². The van der Waals surface area contributed by atoms with Crippen LogP contribution in [0, 0.1) is 6.33 Å². The number of hydrogen-bond acceptors (Lipinski definition) is 1. The van der Waals surface area contributed by atoms with Crippen LogP contribution in [0.2, 0.25) is 0 Å². The van der Waals surface area contributed by atoms with Gasteiger partial charge in [-0.1, -0.05) is 13.8 Å². The van der Waals surface area contributed by atoms with Crippen molar-refractivity contribution in [3.63, 3.8) is 0 Å². The highest BCUT2D eigenvalue weighted by molar-refractivity contribution is 5.76. The van der Waals surface area contributed by atoms with Gasteiger partial charge in [0.05, 0.1) is 11.0 Å². The van der Waals surface area contributed by atoms with Gasteiger partial charge in [-0.3, -0.25) is 0 Å². The van der Waals surface area contributed by atoms with Crippen molar-refractivity contribution in [1.82, 2.24) is 9.97 Å². The largest absolute Gasteiger partial charge is 0.335 e. The van der Waals surface area contributed by atoms with Gasteiger partial charge in [-0.05, 0) is 36.1 Å². The van der Waals surface area contributed by atoms with Gasteiger partial charge in [0.2, 0.25) is 0 Å². The lowest BCUT2D eigenvalue weighted by atomic mass is 10.0. The molecule has 1 aromatic heterocycles. The number of imidazole rings is 1. The van der Waals surface area contributed by atoms with E-state index in [0.29, 0.717) is 0 Å². The molecule has 0 amide bonds. The minimum Gasteiger partial charge on any atom is -0.335 e. The summed E-state index contributed by atoms with van der Waals surface area (Å²) in [5.74, 6) is 0. The molecule has 0 saturated carbocycles. The van der Waals surface area contributed by atoms with E-state index in [0.717, 1.165) is 23.9 Å². The Kier molecular flexibility index (Phi) is 2.05. The van der Waals surface area contributed by atoms with Crippen molar-refractivity contribution in [2.45, 2.75) is 26.7 Å². The summed E-state index contributed by atoms with van der Waals surface area (Å²) in [6, 6.07) is 4.33. The van der Waals surface area contributed by atoms with Gasteiger partial charge < -0.3 is 4.98 Å². The Morgan fingerprint density at radius 1 is 1.23 bits per heavy atom. The maximum atomic E-state index is 4.12. The number of nitrogens with one attached hydrogen (secondary N) is 1. The molecule has 0 aliphatic rings. The lowest BCUT2D eigenvalue weighted by Gasteiger charge is -2.04. The highest BCUT2D eigenvalue weighted by Crippen LogP contribution is 2.17. The average Bonchev–Trinajstić information content (AvgIpc) is 2.62. The molecule has 0 atom stereocenters. The zero-order valence-electron chi connectivity index (χ0n) is 8.02. The SMILES string of the molecule is CCc1cc2n[c][nH]c2cc1CC. The van der Waals surface area contributed by atoms with Crippen molar-refractivity contribution in [3.8, 4) is 0 Å². The van der Waals surface area contributed by atoms with Crippen LogP contribution in [-0.2, 0) is 12.8 Å². The lowest BCUT2D eigenvalue weighted by molar-refractivity contribution is 1.04. The molecule has 67 valence electrons. The molecule has 0 saturated heterocycles. The van der Waals surface area contributed by atoms with Gasteiger partial charge in [-0.2, -0.15) is 0 Å². The summed E-state index contributed by atoms with van der Waals surface area (Å²) in [5.41, 5.74) is 4.92. The number of nitrogens with zero attached hydrogens (tertiary/aromatic N) is 1. The number of rotatable bonds is 2. The molecule has 0 bridgehead atoms. The number of benzene rings is 1. The van der Waals surface area contributed by atoms with Crippen LogP contribution in [0.15, 0.2) is 12.1 Å². The Bertz CT molecular complexity index is 377. The highest BCUT2D eigenvalue weighted by atomic mass is 14.9. The molecule has 0 fully saturated rings. The highest BCUT2D eigenvalue weighted by Gasteiger charge is 2.03. The summed E-state index contributed by atoms with van der Waals surface area (Å²) in [5, 5.41) is 0. The summed E-state index contributed by atoms with van der Waals surface area (Å²) < 4.78 is 0. The number of aromatic amines is 1. The molecule has 0 spiro atoms. The Morgan fingerprint density at radius 3 is 2.62 bits per heavy atom. The fourth-order valence-corrected chi connectivity index (χ4v) is 1.68. The van der Waals surface area contributed by atoms with Gasteiger partial charge >= 0.3 is 0 Å². The van der Waals surface area contributed by atoms with Crippen LogP contribution in [0.4, 0.5) is 0 Å². The van der Waals surface area contributed by atoms with Crippen molar-refractivity contribution in [2.75, 3.05) is 0 Å². The smallest absolute Gasteiger partial charge is 0.174 e. The van der Waals surface area contributed by atoms with Crippen molar-refractivity contribution >= 4 is 11.0 Å². The second kappa shape index (κ2) is 3.21. The minimum atomic E-state index is 1.02. The van der Waals surface area contributed by atoms with Crippen LogP contribution in [0.5, 0.6) is 0 Å². The molecule has 0 unspecified atom stereocenters. The molecular formula is C11H13N2. The summed E-state index contributed by atoms with van der Waals surface area (Å²) in [4.78, 5) is 7.13. The van der Waals surface area contributed by atoms with E-state index >= 15 is 0 Å². The first-order chi connectivity index (χ1) is 6.35. The van der Waals surface area contributed by atoms with Gasteiger partial charge in [0.1, 0.15) is 0 Å². The lowest BCUT2D eigenvalue weighted by Crippen LogP contribution is -1.90. The minimum absolute atomic E-state index is 1.02. The third-order valence-corrected chi connectivity index (χ3v) is 2.45. The first-order valence-corrected chi connectivity index (χ1v) is 4.72. The molecule has 2 aromatic rings. The zero-order chi connectivity index (χ0) is 9.26. The predicted molar refractivity (Wildman–Crippen MR) is 53.7 cm³/mol. The first kappa shape index (κ1) is 8.30. The third kappa shape index (κ3) is 1.32. The second-order valence-corrected chi connectivity index (χ2v) is 3.19. The van der Waals surface area contributed by atoms with Crippen molar-refractivity contribution in [3.05, 3.63) is 29.6 Å². The number of H-pyrrole nitrogens is 1. The normalized spacial score (nSPS) is 10.9. The standard InChI is InChI=1S/C11H13N2/c1-3-8-5-10-11(13-7-12-10)6-9(8)4-2/h5-6H,3-4H2,1-2H3,(H,12,13). The predicted octanol–water partition coefficient (Wildman–Crippen LogP) is 2.49.